The summed E-state index contributed by atoms with van der Waals surface area (Å²) >= 11 is 0. The summed E-state index contributed by atoms with van der Waals surface area (Å²) in [5.41, 5.74) is 1.01. The Morgan fingerprint density at radius 2 is 1.67 bits per heavy atom. The Bertz CT molecular complexity index is 703. The van der Waals surface area contributed by atoms with E-state index in [1.165, 1.54) is 0 Å². The van der Waals surface area contributed by atoms with E-state index >= 15 is 0 Å². The Labute approximate surface area is 141 Å². The van der Waals surface area contributed by atoms with E-state index in [2.05, 4.69) is 0 Å². The van der Waals surface area contributed by atoms with Gasteiger partial charge in [0.05, 0.1) is 6.42 Å². The fraction of sp³-hybridized carbons (Fsp3) is 0.333. The van der Waals surface area contributed by atoms with Crippen LogP contribution in [0, 0.1) is 0 Å². The van der Waals surface area contributed by atoms with Crippen LogP contribution in [0.5, 0.6) is 5.75 Å². The SMILES string of the molecule is Cn1ccc(CC(=O)N2CCN(C(=O)Oc3ccccc3)CC2)c1. The molecule has 24 heavy (non-hydrogen) atoms. The molecule has 1 saturated heterocycles. The van der Waals surface area contributed by atoms with Crippen molar-refractivity contribution >= 4 is 12.0 Å². The molecule has 1 aliphatic heterocycles. The molecule has 6 heteroatoms. The first-order valence-corrected chi connectivity index (χ1v) is 8.02. The average Bonchev–Trinajstić information content (AvgIpc) is 3.00. The summed E-state index contributed by atoms with van der Waals surface area (Å²) in [5.74, 6) is 0.627. The minimum absolute atomic E-state index is 0.0947. The second kappa shape index (κ2) is 7.21. The van der Waals surface area contributed by atoms with E-state index in [1.54, 1.807) is 21.9 Å². The van der Waals surface area contributed by atoms with Crippen molar-refractivity contribution in [1.29, 1.82) is 0 Å². The highest BCUT2D eigenvalue weighted by molar-refractivity contribution is 5.79. The molecule has 0 unspecified atom stereocenters. The number of hydrogen-bond donors (Lipinski definition) is 0. The molecule has 1 fully saturated rings. The Hall–Kier alpha value is -2.76. The molecule has 1 aromatic carbocycles. The predicted octanol–water partition coefficient (Wildman–Crippen LogP) is 1.91. The van der Waals surface area contributed by atoms with Crippen molar-refractivity contribution in [2.24, 2.45) is 7.05 Å². The Kier molecular flexibility index (Phi) is 4.84. The van der Waals surface area contributed by atoms with Gasteiger partial charge in [0.15, 0.2) is 0 Å². The maximum Gasteiger partial charge on any atom is 0.415 e. The molecule has 1 aromatic heterocycles. The molecule has 0 N–H and O–H groups in total. The molecule has 0 aliphatic carbocycles. The molecule has 2 amide bonds. The summed E-state index contributed by atoms with van der Waals surface area (Å²) in [6.07, 6.45) is 3.91. The van der Waals surface area contributed by atoms with Crippen LogP contribution in [0.3, 0.4) is 0 Å². The topological polar surface area (TPSA) is 54.8 Å². The first-order valence-electron chi connectivity index (χ1n) is 8.02. The van der Waals surface area contributed by atoms with Gasteiger partial charge in [0.1, 0.15) is 5.75 Å². The van der Waals surface area contributed by atoms with Crippen molar-refractivity contribution in [2.75, 3.05) is 26.2 Å². The fourth-order valence-electron chi connectivity index (χ4n) is 2.74. The van der Waals surface area contributed by atoms with Gasteiger partial charge in [-0.3, -0.25) is 4.79 Å². The summed E-state index contributed by atoms with van der Waals surface area (Å²) in [6, 6.07) is 11.0. The van der Waals surface area contributed by atoms with Gasteiger partial charge >= 0.3 is 6.09 Å². The number of hydrogen-bond acceptors (Lipinski definition) is 3. The van der Waals surface area contributed by atoms with Crippen LogP contribution < -0.4 is 4.74 Å². The summed E-state index contributed by atoms with van der Waals surface area (Å²) in [7, 11) is 1.94. The highest BCUT2D eigenvalue weighted by atomic mass is 16.6. The second-order valence-corrected chi connectivity index (χ2v) is 5.91. The summed E-state index contributed by atoms with van der Waals surface area (Å²) in [5, 5.41) is 0. The van der Waals surface area contributed by atoms with Gasteiger partial charge in [-0.1, -0.05) is 18.2 Å². The number of aryl methyl sites for hydroxylation is 1. The van der Waals surface area contributed by atoms with Crippen LogP contribution in [0.2, 0.25) is 0 Å². The smallest absolute Gasteiger partial charge is 0.410 e. The number of ether oxygens (including phenoxy) is 1. The van der Waals surface area contributed by atoms with E-state index in [-0.39, 0.29) is 12.0 Å². The molecule has 126 valence electrons. The number of benzene rings is 1. The molecule has 2 aromatic rings. The number of rotatable bonds is 3. The monoisotopic (exact) mass is 327 g/mol. The van der Waals surface area contributed by atoms with E-state index in [1.807, 2.05) is 48.3 Å². The van der Waals surface area contributed by atoms with E-state index in [0.717, 1.165) is 5.56 Å². The van der Waals surface area contributed by atoms with E-state index in [9.17, 15) is 9.59 Å². The Morgan fingerprint density at radius 3 is 2.29 bits per heavy atom. The number of carbonyl (C=O) groups is 2. The normalized spacial score (nSPS) is 14.5. The predicted molar refractivity (Wildman–Crippen MR) is 89.7 cm³/mol. The lowest BCUT2D eigenvalue weighted by Crippen LogP contribution is -2.51. The number of para-hydroxylation sites is 1. The Balaban J connectivity index is 1.48. The third-order valence-corrected chi connectivity index (χ3v) is 4.09. The maximum absolute atomic E-state index is 12.3. The van der Waals surface area contributed by atoms with E-state index in [4.69, 9.17) is 4.74 Å². The standard InChI is InChI=1S/C18H21N3O3/c1-19-8-7-15(14-19)13-17(22)20-9-11-21(12-10-20)18(23)24-16-5-3-2-4-6-16/h2-8,14H,9-13H2,1H3. The molecule has 3 rings (SSSR count). The first kappa shape index (κ1) is 16.1. The van der Waals surface area contributed by atoms with Gasteiger partial charge in [-0.15, -0.1) is 0 Å². The zero-order valence-electron chi connectivity index (χ0n) is 13.7. The number of nitrogens with zero attached hydrogens (tertiary/aromatic N) is 3. The van der Waals surface area contributed by atoms with Crippen LogP contribution in [0.15, 0.2) is 48.8 Å². The molecule has 0 spiro atoms. The van der Waals surface area contributed by atoms with Gasteiger partial charge < -0.3 is 19.1 Å². The lowest BCUT2D eigenvalue weighted by atomic mass is 10.2. The third-order valence-electron chi connectivity index (χ3n) is 4.09. The molecule has 0 atom stereocenters. The van der Waals surface area contributed by atoms with Crippen molar-refractivity contribution in [2.45, 2.75) is 6.42 Å². The molecule has 0 saturated carbocycles. The van der Waals surface area contributed by atoms with Crippen molar-refractivity contribution in [1.82, 2.24) is 14.4 Å². The minimum Gasteiger partial charge on any atom is -0.410 e. The van der Waals surface area contributed by atoms with Crippen molar-refractivity contribution in [3.05, 3.63) is 54.4 Å². The average molecular weight is 327 g/mol. The number of amides is 2. The number of carbonyl (C=O) groups excluding carboxylic acids is 2. The van der Waals surface area contributed by atoms with Gasteiger partial charge in [-0.25, -0.2) is 4.79 Å². The fourth-order valence-corrected chi connectivity index (χ4v) is 2.74. The molecular formula is C18H21N3O3. The summed E-state index contributed by atoms with van der Waals surface area (Å²) in [4.78, 5) is 27.9. The van der Waals surface area contributed by atoms with Gasteiger partial charge in [-0.2, -0.15) is 0 Å². The van der Waals surface area contributed by atoms with Crippen LogP contribution in [-0.2, 0) is 18.3 Å². The zero-order chi connectivity index (χ0) is 16.9. The van der Waals surface area contributed by atoms with Crippen LogP contribution in [0.25, 0.3) is 0 Å². The van der Waals surface area contributed by atoms with Crippen molar-refractivity contribution in [3.63, 3.8) is 0 Å². The van der Waals surface area contributed by atoms with Crippen LogP contribution in [-0.4, -0.2) is 52.5 Å². The van der Waals surface area contributed by atoms with Crippen molar-refractivity contribution in [3.8, 4) is 5.75 Å². The van der Waals surface area contributed by atoms with Crippen LogP contribution in [0.4, 0.5) is 4.79 Å². The first-order chi connectivity index (χ1) is 11.6. The van der Waals surface area contributed by atoms with Gasteiger partial charge in [0.2, 0.25) is 5.91 Å². The zero-order valence-corrected chi connectivity index (χ0v) is 13.7. The van der Waals surface area contributed by atoms with E-state index in [0.29, 0.717) is 38.3 Å². The van der Waals surface area contributed by atoms with Gasteiger partial charge in [0, 0.05) is 45.6 Å². The Morgan fingerprint density at radius 1 is 1.00 bits per heavy atom. The molecule has 6 nitrogen and oxygen atoms in total. The summed E-state index contributed by atoms with van der Waals surface area (Å²) in [6.45, 7) is 2.06. The lowest BCUT2D eigenvalue weighted by Gasteiger charge is -2.34. The number of piperazine rings is 1. The lowest BCUT2D eigenvalue weighted by molar-refractivity contribution is -0.132. The highest BCUT2D eigenvalue weighted by Gasteiger charge is 2.25. The van der Waals surface area contributed by atoms with Crippen molar-refractivity contribution < 1.29 is 14.3 Å². The minimum atomic E-state index is -0.364. The largest absolute Gasteiger partial charge is 0.415 e. The van der Waals surface area contributed by atoms with Crippen LogP contribution >= 0.6 is 0 Å². The summed E-state index contributed by atoms with van der Waals surface area (Å²) < 4.78 is 7.26. The molecular weight excluding hydrogens is 306 g/mol. The van der Waals surface area contributed by atoms with Gasteiger partial charge in [-0.05, 0) is 23.8 Å². The molecule has 1 aliphatic rings. The molecule has 2 heterocycles. The number of aromatic nitrogens is 1. The maximum atomic E-state index is 12.3. The van der Waals surface area contributed by atoms with Gasteiger partial charge in [0.25, 0.3) is 0 Å². The van der Waals surface area contributed by atoms with Crippen LogP contribution in [0.1, 0.15) is 5.56 Å². The second-order valence-electron chi connectivity index (χ2n) is 5.91. The van der Waals surface area contributed by atoms with E-state index < -0.39 is 0 Å². The molecule has 0 bridgehead atoms. The molecule has 0 radical (unpaired) electrons. The quantitative estimate of drug-likeness (QED) is 0.865. The highest BCUT2D eigenvalue weighted by Crippen LogP contribution is 2.12. The third kappa shape index (κ3) is 3.95.